The lowest BCUT2D eigenvalue weighted by Gasteiger charge is -2.09. The van der Waals surface area contributed by atoms with E-state index in [2.05, 4.69) is 32.4 Å². The number of benzene rings is 1. The van der Waals surface area contributed by atoms with Gasteiger partial charge in [-0.2, -0.15) is 0 Å². The molecule has 0 radical (unpaired) electrons. The molecular weight excluding hydrogens is 304 g/mol. The zero-order valence-electron chi connectivity index (χ0n) is 13.6. The molecule has 0 fully saturated rings. The van der Waals surface area contributed by atoms with Crippen LogP contribution in [0.25, 0.3) is 11.4 Å². The molecule has 0 aliphatic carbocycles. The second kappa shape index (κ2) is 8.44. The first kappa shape index (κ1) is 17.2. The number of hydrogen-bond donors (Lipinski definition) is 2. The first-order valence-corrected chi connectivity index (χ1v) is 7.49. The highest BCUT2D eigenvalue weighted by Crippen LogP contribution is 2.16. The largest absolute Gasteiger partial charge is 0.355 e. The van der Waals surface area contributed by atoms with Crippen molar-refractivity contribution in [3.63, 3.8) is 0 Å². The minimum absolute atomic E-state index is 0.260. The monoisotopic (exact) mass is 322 g/mol. The summed E-state index contributed by atoms with van der Waals surface area (Å²) in [6.07, 6.45) is 1.92. The van der Waals surface area contributed by atoms with Crippen LogP contribution >= 0.6 is 0 Å². The molecule has 24 heavy (non-hydrogen) atoms. The van der Waals surface area contributed by atoms with Gasteiger partial charge in [0.15, 0.2) is 5.82 Å². The number of amides is 2. The molecule has 1 aromatic carbocycles. The molecule has 2 rings (SSSR count). The van der Waals surface area contributed by atoms with Gasteiger partial charge < -0.3 is 10.6 Å². The minimum atomic E-state index is -0.351. The van der Waals surface area contributed by atoms with Crippen LogP contribution in [0.1, 0.15) is 23.0 Å². The van der Waals surface area contributed by atoms with Crippen molar-refractivity contribution < 1.29 is 9.59 Å². The predicted octanol–water partition coefficient (Wildman–Crippen LogP) is 1.19. The Morgan fingerprint density at radius 3 is 2.62 bits per heavy atom. The number of nitrogens with one attached hydrogen (secondary N) is 2. The second-order valence-electron chi connectivity index (χ2n) is 4.88. The molecule has 0 saturated heterocycles. The molecule has 0 bridgehead atoms. The van der Waals surface area contributed by atoms with Crippen LogP contribution in [0.3, 0.4) is 0 Å². The summed E-state index contributed by atoms with van der Waals surface area (Å²) in [7, 11) is 1.55. The fraction of sp³-hybridized carbons (Fsp3) is 0.222. The average molecular weight is 322 g/mol. The van der Waals surface area contributed by atoms with E-state index in [9.17, 15) is 9.59 Å². The highest BCUT2D eigenvalue weighted by Gasteiger charge is 2.14. The zero-order chi connectivity index (χ0) is 17.4. The molecule has 0 aliphatic heterocycles. The number of nitrogens with zero attached hydrogens (tertiary/aromatic N) is 2. The van der Waals surface area contributed by atoms with Gasteiger partial charge in [-0.3, -0.25) is 9.59 Å². The molecule has 2 aromatic rings. The normalized spacial score (nSPS) is 9.58. The number of carbonyl (C=O) groups excluding carboxylic acids is 2. The summed E-state index contributed by atoms with van der Waals surface area (Å²) < 4.78 is 0. The van der Waals surface area contributed by atoms with Crippen molar-refractivity contribution in [2.24, 2.45) is 0 Å². The molecule has 0 atom stereocenters. The summed E-state index contributed by atoms with van der Waals surface area (Å²) in [5, 5.41) is 5.24. The zero-order valence-corrected chi connectivity index (χ0v) is 13.6. The van der Waals surface area contributed by atoms with E-state index >= 15 is 0 Å². The lowest BCUT2D eigenvalue weighted by atomic mass is 10.1. The van der Waals surface area contributed by atoms with E-state index in [0.717, 1.165) is 5.56 Å². The first-order valence-electron chi connectivity index (χ1n) is 7.49. The van der Waals surface area contributed by atoms with Gasteiger partial charge in [0.1, 0.15) is 0 Å². The smallest absolute Gasteiger partial charge is 0.295 e. The molecule has 0 saturated carbocycles. The van der Waals surface area contributed by atoms with Crippen molar-refractivity contribution >= 4 is 11.8 Å². The Morgan fingerprint density at radius 2 is 1.96 bits per heavy atom. The summed E-state index contributed by atoms with van der Waals surface area (Å²) >= 11 is 0. The quantitative estimate of drug-likeness (QED) is 0.810. The van der Waals surface area contributed by atoms with E-state index in [1.54, 1.807) is 14.0 Å². The van der Waals surface area contributed by atoms with Gasteiger partial charge in [-0.15, -0.1) is 0 Å². The van der Waals surface area contributed by atoms with Crippen LogP contribution < -0.4 is 10.6 Å². The second-order valence-corrected chi connectivity index (χ2v) is 4.88. The highest BCUT2D eigenvalue weighted by atomic mass is 16.2. The molecule has 0 aliphatic rings. The van der Waals surface area contributed by atoms with Crippen LogP contribution in [-0.2, 0) is 11.2 Å². The van der Waals surface area contributed by atoms with Crippen LogP contribution in [0.15, 0.2) is 36.5 Å². The molecule has 0 unspecified atom stereocenters. The van der Waals surface area contributed by atoms with Gasteiger partial charge in [-0.25, -0.2) is 9.97 Å². The van der Waals surface area contributed by atoms with Gasteiger partial charge in [-0.1, -0.05) is 36.3 Å². The third-order valence-corrected chi connectivity index (χ3v) is 3.26. The van der Waals surface area contributed by atoms with Gasteiger partial charge >= 0.3 is 0 Å². The van der Waals surface area contributed by atoms with Gasteiger partial charge in [0.25, 0.3) is 11.8 Å². The highest BCUT2D eigenvalue weighted by molar-refractivity contribution is 5.95. The number of aromatic nitrogens is 2. The van der Waals surface area contributed by atoms with Gasteiger partial charge in [0.2, 0.25) is 0 Å². The molecule has 0 spiro atoms. The number of hydrogen-bond acceptors (Lipinski definition) is 4. The summed E-state index contributed by atoms with van der Waals surface area (Å²) in [6, 6.07) is 9.51. The third kappa shape index (κ3) is 4.40. The van der Waals surface area contributed by atoms with E-state index in [-0.39, 0.29) is 11.8 Å². The number of rotatable bonds is 5. The van der Waals surface area contributed by atoms with E-state index < -0.39 is 0 Å². The molecule has 2 amide bonds. The molecule has 2 N–H and O–H groups in total. The van der Waals surface area contributed by atoms with E-state index in [0.29, 0.717) is 30.0 Å². The van der Waals surface area contributed by atoms with Gasteiger partial charge in [0.05, 0.1) is 11.3 Å². The molecular formula is C18H18N4O2. The van der Waals surface area contributed by atoms with Crippen molar-refractivity contribution in [2.45, 2.75) is 13.3 Å². The Labute approximate surface area is 140 Å². The van der Waals surface area contributed by atoms with E-state index in [4.69, 9.17) is 0 Å². The Bertz CT molecular complexity index is 792. The summed E-state index contributed by atoms with van der Waals surface area (Å²) in [5.74, 6) is 4.87. The minimum Gasteiger partial charge on any atom is -0.355 e. The fourth-order valence-electron chi connectivity index (χ4n) is 2.11. The van der Waals surface area contributed by atoms with E-state index in [1.807, 2.05) is 30.3 Å². The maximum absolute atomic E-state index is 12.0. The summed E-state index contributed by atoms with van der Waals surface area (Å²) in [6.45, 7) is 1.93. The first-order chi connectivity index (χ1) is 11.7. The van der Waals surface area contributed by atoms with Crippen molar-refractivity contribution in [2.75, 3.05) is 13.6 Å². The van der Waals surface area contributed by atoms with Crippen LogP contribution in [0, 0.1) is 11.8 Å². The Hall–Kier alpha value is -3.20. The van der Waals surface area contributed by atoms with Crippen molar-refractivity contribution in [1.29, 1.82) is 0 Å². The lowest BCUT2D eigenvalue weighted by Crippen LogP contribution is -2.26. The fourth-order valence-corrected chi connectivity index (χ4v) is 2.11. The summed E-state index contributed by atoms with van der Waals surface area (Å²) in [5.41, 5.74) is 1.84. The van der Waals surface area contributed by atoms with Gasteiger partial charge in [0, 0.05) is 31.8 Å². The van der Waals surface area contributed by atoms with E-state index in [1.165, 1.54) is 6.20 Å². The number of carbonyl (C=O) groups is 2. The SMILES string of the molecule is CC#CC(=O)NCCc1nc(-c2ccccc2)ncc1C(=O)NC. The Kier molecular flexibility index (Phi) is 6.03. The molecule has 6 heteroatoms. The van der Waals surface area contributed by atoms with Crippen molar-refractivity contribution in [3.8, 4) is 23.2 Å². The van der Waals surface area contributed by atoms with Gasteiger partial charge in [-0.05, 0) is 12.8 Å². The predicted molar refractivity (Wildman–Crippen MR) is 91.0 cm³/mol. The third-order valence-electron chi connectivity index (χ3n) is 3.26. The lowest BCUT2D eigenvalue weighted by molar-refractivity contribution is -0.115. The molecule has 122 valence electrons. The van der Waals surface area contributed by atoms with Crippen LogP contribution in [0.4, 0.5) is 0 Å². The van der Waals surface area contributed by atoms with Crippen molar-refractivity contribution in [1.82, 2.24) is 20.6 Å². The van der Waals surface area contributed by atoms with Crippen molar-refractivity contribution in [3.05, 3.63) is 47.8 Å². The Morgan fingerprint density at radius 1 is 1.21 bits per heavy atom. The Balaban J connectivity index is 2.25. The molecule has 1 heterocycles. The maximum Gasteiger partial charge on any atom is 0.295 e. The maximum atomic E-state index is 12.0. The van der Waals surface area contributed by atoms with Crippen LogP contribution in [-0.4, -0.2) is 35.4 Å². The van der Waals surface area contributed by atoms with Crippen LogP contribution in [0.2, 0.25) is 0 Å². The van der Waals surface area contributed by atoms with Crippen LogP contribution in [0.5, 0.6) is 0 Å². The topological polar surface area (TPSA) is 84.0 Å². The summed E-state index contributed by atoms with van der Waals surface area (Å²) in [4.78, 5) is 32.1. The molecule has 6 nitrogen and oxygen atoms in total. The standard InChI is InChI=1S/C18H18N4O2/c1-3-7-16(23)20-11-10-15-14(18(24)19-2)12-21-17(22-15)13-8-5-4-6-9-13/h4-6,8-9,12H,10-11H2,1-2H3,(H,19,24)(H,20,23). The molecule has 1 aromatic heterocycles. The average Bonchev–Trinajstić information content (AvgIpc) is 2.62.